The van der Waals surface area contributed by atoms with Crippen LogP contribution in [0.25, 0.3) is 0 Å². The maximum Gasteiger partial charge on any atom is 0.120 e. The highest BCUT2D eigenvalue weighted by Gasteiger charge is 2.20. The van der Waals surface area contributed by atoms with E-state index in [1.54, 1.807) is 6.07 Å². The number of phenols is 2. The van der Waals surface area contributed by atoms with E-state index >= 15 is 0 Å². The third-order valence-electron chi connectivity index (χ3n) is 3.87. The molecule has 0 aliphatic carbocycles. The van der Waals surface area contributed by atoms with Crippen LogP contribution in [0.2, 0.25) is 0 Å². The monoisotopic (exact) mass is 290 g/mol. The van der Waals surface area contributed by atoms with Gasteiger partial charge in [-0.05, 0) is 36.2 Å². The van der Waals surface area contributed by atoms with Crippen molar-refractivity contribution in [1.82, 2.24) is 0 Å². The SMILES string of the molecule is Cc1ccc(C(c2ccccc2)c2cc(O)ccc2O)cc1. The molecule has 0 bridgehead atoms. The number of hydrogen-bond acceptors (Lipinski definition) is 2. The molecule has 2 nitrogen and oxygen atoms in total. The Morgan fingerprint density at radius 2 is 1.36 bits per heavy atom. The van der Waals surface area contributed by atoms with Crippen LogP contribution in [-0.4, -0.2) is 10.2 Å². The number of aromatic hydroxyl groups is 2. The fourth-order valence-corrected chi connectivity index (χ4v) is 2.73. The first-order valence-electron chi connectivity index (χ1n) is 7.28. The number of rotatable bonds is 3. The number of phenolic OH excluding ortho intramolecular Hbond substituents is 2. The smallest absolute Gasteiger partial charge is 0.120 e. The molecule has 0 amide bonds. The van der Waals surface area contributed by atoms with Crippen LogP contribution in [-0.2, 0) is 0 Å². The van der Waals surface area contributed by atoms with Gasteiger partial charge < -0.3 is 10.2 Å². The lowest BCUT2D eigenvalue weighted by Gasteiger charge is -2.20. The summed E-state index contributed by atoms with van der Waals surface area (Å²) in [5, 5.41) is 20.1. The largest absolute Gasteiger partial charge is 0.508 e. The molecule has 0 aromatic heterocycles. The zero-order valence-electron chi connectivity index (χ0n) is 12.4. The summed E-state index contributed by atoms with van der Waals surface area (Å²) in [7, 11) is 0. The molecule has 2 N–H and O–H groups in total. The first-order valence-corrected chi connectivity index (χ1v) is 7.28. The van der Waals surface area contributed by atoms with Gasteiger partial charge in [0, 0.05) is 11.5 Å². The van der Waals surface area contributed by atoms with Crippen LogP contribution >= 0.6 is 0 Å². The average Bonchev–Trinajstić information content (AvgIpc) is 2.54. The lowest BCUT2D eigenvalue weighted by Crippen LogP contribution is -2.03. The Morgan fingerprint density at radius 3 is 2.05 bits per heavy atom. The molecule has 0 spiro atoms. The van der Waals surface area contributed by atoms with Crippen molar-refractivity contribution in [1.29, 1.82) is 0 Å². The van der Waals surface area contributed by atoms with Gasteiger partial charge in [0.15, 0.2) is 0 Å². The summed E-state index contributed by atoms with van der Waals surface area (Å²) in [5.74, 6) is 0.224. The summed E-state index contributed by atoms with van der Waals surface area (Å²) < 4.78 is 0. The number of hydrogen-bond donors (Lipinski definition) is 2. The summed E-state index contributed by atoms with van der Waals surface area (Å²) in [4.78, 5) is 0. The molecule has 2 heteroatoms. The highest BCUT2D eigenvalue weighted by Crippen LogP contribution is 2.38. The molecule has 3 rings (SSSR count). The first kappa shape index (κ1) is 14.2. The van der Waals surface area contributed by atoms with Crippen molar-refractivity contribution < 1.29 is 10.2 Å². The molecule has 22 heavy (non-hydrogen) atoms. The lowest BCUT2D eigenvalue weighted by atomic mass is 9.84. The van der Waals surface area contributed by atoms with Crippen LogP contribution in [0.1, 0.15) is 28.2 Å². The minimum absolute atomic E-state index is 0.117. The molecule has 3 aromatic carbocycles. The third kappa shape index (κ3) is 2.82. The lowest BCUT2D eigenvalue weighted by molar-refractivity contribution is 0.453. The van der Waals surface area contributed by atoms with Crippen molar-refractivity contribution in [3.05, 3.63) is 95.1 Å². The van der Waals surface area contributed by atoms with Crippen molar-refractivity contribution in [3.63, 3.8) is 0 Å². The van der Waals surface area contributed by atoms with E-state index in [1.807, 2.05) is 37.3 Å². The predicted molar refractivity (Wildman–Crippen MR) is 88.3 cm³/mol. The molecule has 110 valence electrons. The van der Waals surface area contributed by atoms with E-state index in [2.05, 4.69) is 24.3 Å². The van der Waals surface area contributed by atoms with Crippen LogP contribution < -0.4 is 0 Å². The van der Waals surface area contributed by atoms with Crippen molar-refractivity contribution in [2.45, 2.75) is 12.8 Å². The summed E-state index contributed by atoms with van der Waals surface area (Å²) in [6.45, 7) is 2.05. The first-order chi connectivity index (χ1) is 10.6. The van der Waals surface area contributed by atoms with Crippen LogP contribution in [0, 0.1) is 6.92 Å². The Labute approximate surface area is 130 Å². The van der Waals surface area contributed by atoms with Crippen molar-refractivity contribution >= 4 is 0 Å². The average molecular weight is 290 g/mol. The van der Waals surface area contributed by atoms with E-state index < -0.39 is 0 Å². The van der Waals surface area contributed by atoms with Crippen LogP contribution in [0.4, 0.5) is 0 Å². The van der Waals surface area contributed by atoms with Crippen LogP contribution in [0.5, 0.6) is 11.5 Å². The Kier molecular flexibility index (Phi) is 3.84. The highest BCUT2D eigenvalue weighted by molar-refractivity contribution is 5.51. The molecule has 1 atom stereocenters. The van der Waals surface area contributed by atoms with E-state index in [-0.39, 0.29) is 17.4 Å². The maximum atomic E-state index is 10.3. The minimum atomic E-state index is -0.117. The van der Waals surface area contributed by atoms with E-state index in [9.17, 15) is 10.2 Å². The summed E-state index contributed by atoms with van der Waals surface area (Å²) >= 11 is 0. The normalized spacial score (nSPS) is 12.0. The number of benzene rings is 3. The van der Waals surface area contributed by atoms with E-state index in [1.165, 1.54) is 17.7 Å². The quantitative estimate of drug-likeness (QED) is 0.547. The van der Waals surface area contributed by atoms with Crippen LogP contribution in [0.3, 0.4) is 0 Å². The van der Waals surface area contributed by atoms with Gasteiger partial charge in [0.2, 0.25) is 0 Å². The molecule has 0 aliphatic rings. The van der Waals surface area contributed by atoms with Crippen LogP contribution in [0.15, 0.2) is 72.8 Å². The van der Waals surface area contributed by atoms with Gasteiger partial charge in [0.25, 0.3) is 0 Å². The van der Waals surface area contributed by atoms with Gasteiger partial charge in [-0.25, -0.2) is 0 Å². The highest BCUT2D eigenvalue weighted by atomic mass is 16.3. The maximum absolute atomic E-state index is 10.3. The van der Waals surface area contributed by atoms with E-state index in [4.69, 9.17) is 0 Å². The zero-order chi connectivity index (χ0) is 15.5. The van der Waals surface area contributed by atoms with Crippen molar-refractivity contribution in [3.8, 4) is 11.5 Å². The Morgan fingerprint density at radius 1 is 0.727 bits per heavy atom. The van der Waals surface area contributed by atoms with Gasteiger partial charge in [0.1, 0.15) is 11.5 Å². The van der Waals surface area contributed by atoms with Gasteiger partial charge in [-0.15, -0.1) is 0 Å². The Balaban J connectivity index is 2.19. The standard InChI is InChI=1S/C20H18O2/c1-14-7-9-16(10-8-14)20(15-5-3-2-4-6-15)18-13-17(21)11-12-19(18)22/h2-13,20-22H,1H3. The Hall–Kier alpha value is -2.74. The van der Waals surface area contributed by atoms with E-state index in [0.717, 1.165) is 11.1 Å². The number of aryl methyl sites for hydroxylation is 1. The van der Waals surface area contributed by atoms with Gasteiger partial charge in [-0.3, -0.25) is 0 Å². The minimum Gasteiger partial charge on any atom is -0.508 e. The van der Waals surface area contributed by atoms with Gasteiger partial charge in [-0.1, -0.05) is 60.2 Å². The predicted octanol–water partition coefficient (Wildman–Crippen LogP) is 4.59. The third-order valence-corrected chi connectivity index (χ3v) is 3.87. The molecular formula is C20H18O2. The molecule has 0 radical (unpaired) electrons. The topological polar surface area (TPSA) is 40.5 Å². The van der Waals surface area contributed by atoms with E-state index in [0.29, 0.717) is 5.56 Å². The summed E-state index contributed by atoms with van der Waals surface area (Å²) in [5.41, 5.74) is 4.05. The Bertz CT molecular complexity index is 761. The second kappa shape index (κ2) is 5.94. The molecular weight excluding hydrogens is 272 g/mol. The molecule has 1 unspecified atom stereocenters. The van der Waals surface area contributed by atoms with Crippen molar-refractivity contribution in [2.75, 3.05) is 0 Å². The van der Waals surface area contributed by atoms with Gasteiger partial charge in [0.05, 0.1) is 0 Å². The van der Waals surface area contributed by atoms with Gasteiger partial charge in [-0.2, -0.15) is 0 Å². The molecule has 0 aliphatic heterocycles. The molecule has 3 aromatic rings. The fraction of sp³-hybridized carbons (Fsp3) is 0.100. The zero-order valence-corrected chi connectivity index (χ0v) is 12.4. The second-order valence-electron chi connectivity index (χ2n) is 5.50. The molecule has 0 saturated carbocycles. The van der Waals surface area contributed by atoms with Crippen molar-refractivity contribution in [2.24, 2.45) is 0 Å². The summed E-state index contributed by atoms with van der Waals surface area (Å²) in [6, 6.07) is 22.9. The molecule has 0 saturated heterocycles. The second-order valence-corrected chi connectivity index (χ2v) is 5.50. The van der Waals surface area contributed by atoms with Gasteiger partial charge >= 0.3 is 0 Å². The molecule has 0 heterocycles. The fourth-order valence-electron chi connectivity index (χ4n) is 2.73. The molecule has 0 fully saturated rings. The summed E-state index contributed by atoms with van der Waals surface area (Å²) in [6.07, 6.45) is 0.